The fourth-order valence-electron chi connectivity index (χ4n) is 2.18. The van der Waals surface area contributed by atoms with Crippen LogP contribution in [0.5, 0.6) is 0 Å². The average molecular weight is 240 g/mol. The van der Waals surface area contributed by atoms with Crippen molar-refractivity contribution in [3.63, 3.8) is 0 Å². The third-order valence-corrected chi connectivity index (χ3v) is 3.29. The Hall–Kier alpha value is -2.36. The van der Waals surface area contributed by atoms with Gasteiger partial charge in [-0.1, -0.05) is 12.1 Å². The Balaban J connectivity index is 2.24. The van der Waals surface area contributed by atoms with Gasteiger partial charge >= 0.3 is 5.97 Å². The lowest BCUT2D eigenvalue weighted by Crippen LogP contribution is -2.06. The SMILES string of the molecule is CC(C(=O)O)c1ccc2c(c1)[nH]c1ccncc12. The second-order valence-corrected chi connectivity index (χ2v) is 4.41. The fraction of sp³-hybridized carbons (Fsp3) is 0.143. The maximum absolute atomic E-state index is 11.0. The molecule has 0 saturated carbocycles. The first-order valence-electron chi connectivity index (χ1n) is 5.75. The van der Waals surface area contributed by atoms with Gasteiger partial charge in [0.2, 0.25) is 0 Å². The summed E-state index contributed by atoms with van der Waals surface area (Å²) in [7, 11) is 0. The maximum atomic E-state index is 11.0. The van der Waals surface area contributed by atoms with Gasteiger partial charge in [-0.3, -0.25) is 9.78 Å². The number of nitrogens with one attached hydrogen (secondary N) is 1. The molecule has 0 bridgehead atoms. The van der Waals surface area contributed by atoms with Crippen LogP contribution in [0, 0.1) is 0 Å². The van der Waals surface area contributed by atoms with E-state index in [-0.39, 0.29) is 0 Å². The predicted octanol–water partition coefficient (Wildman–Crippen LogP) is 2.90. The molecule has 0 spiro atoms. The molecule has 4 heteroatoms. The smallest absolute Gasteiger partial charge is 0.310 e. The first kappa shape index (κ1) is 10.8. The molecule has 18 heavy (non-hydrogen) atoms. The molecule has 0 aliphatic heterocycles. The van der Waals surface area contributed by atoms with Crippen molar-refractivity contribution >= 4 is 27.8 Å². The Morgan fingerprint density at radius 2 is 2.11 bits per heavy atom. The third kappa shape index (κ3) is 1.54. The van der Waals surface area contributed by atoms with Crippen LogP contribution in [0.4, 0.5) is 0 Å². The van der Waals surface area contributed by atoms with Crippen LogP contribution in [-0.2, 0) is 4.79 Å². The summed E-state index contributed by atoms with van der Waals surface area (Å²) in [6, 6.07) is 7.62. The molecular formula is C14H12N2O2. The Morgan fingerprint density at radius 3 is 2.89 bits per heavy atom. The number of rotatable bonds is 2. The maximum Gasteiger partial charge on any atom is 0.310 e. The molecule has 3 rings (SSSR count). The first-order valence-corrected chi connectivity index (χ1v) is 5.75. The van der Waals surface area contributed by atoms with Gasteiger partial charge in [-0.25, -0.2) is 0 Å². The summed E-state index contributed by atoms with van der Waals surface area (Å²) in [5, 5.41) is 11.2. The standard InChI is InChI=1S/C14H12N2O2/c1-8(14(17)18)9-2-3-10-11-7-15-5-4-12(11)16-13(10)6-9/h2-8,16H,1H3,(H,17,18). The van der Waals surface area contributed by atoms with Gasteiger partial charge in [0.05, 0.1) is 5.92 Å². The molecule has 0 amide bonds. The van der Waals surface area contributed by atoms with Crippen molar-refractivity contribution in [1.29, 1.82) is 0 Å². The third-order valence-electron chi connectivity index (χ3n) is 3.29. The van der Waals surface area contributed by atoms with E-state index in [0.29, 0.717) is 0 Å². The van der Waals surface area contributed by atoms with Crippen molar-refractivity contribution < 1.29 is 9.90 Å². The number of aromatic amines is 1. The number of hydrogen-bond donors (Lipinski definition) is 2. The van der Waals surface area contributed by atoms with Crippen molar-refractivity contribution in [1.82, 2.24) is 9.97 Å². The Bertz CT molecular complexity index is 746. The normalized spacial score (nSPS) is 12.9. The zero-order valence-electron chi connectivity index (χ0n) is 9.84. The minimum atomic E-state index is -0.813. The lowest BCUT2D eigenvalue weighted by molar-refractivity contribution is -0.138. The molecule has 0 aliphatic rings. The van der Waals surface area contributed by atoms with Gasteiger partial charge in [0.15, 0.2) is 0 Å². The Labute approximate surface area is 103 Å². The summed E-state index contributed by atoms with van der Waals surface area (Å²) in [6.45, 7) is 1.69. The van der Waals surface area contributed by atoms with Gasteiger partial charge < -0.3 is 10.1 Å². The molecule has 0 radical (unpaired) electrons. The van der Waals surface area contributed by atoms with Crippen LogP contribution in [-0.4, -0.2) is 21.0 Å². The van der Waals surface area contributed by atoms with Crippen LogP contribution in [0.2, 0.25) is 0 Å². The van der Waals surface area contributed by atoms with Crippen molar-refractivity contribution in [3.05, 3.63) is 42.2 Å². The van der Waals surface area contributed by atoms with E-state index in [9.17, 15) is 4.79 Å². The van der Waals surface area contributed by atoms with Crippen LogP contribution in [0.1, 0.15) is 18.4 Å². The summed E-state index contributed by atoms with van der Waals surface area (Å²) < 4.78 is 0. The largest absolute Gasteiger partial charge is 0.481 e. The number of carboxylic acid groups (broad SMARTS) is 1. The van der Waals surface area contributed by atoms with E-state index >= 15 is 0 Å². The fourth-order valence-corrected chi connectivity index (χ4v) is 2.18. The highest BCUT2D eigenvalue weighted by molar-refractivity contribution is 6.07. The summed E-state index contributed by atoms with van der Waals surface area (Å²) in [4.78, 5) is 18.4. The van der Waals surface area contributed by atoms with Crippen molar-refractivity contribution in [2.24, 2.45) is 0 Å². The Morgan fingerprint density at radius 1 is 1.28 bits per heavy atom. The lowest BCUT2D eigenvalue weighted by Gasteiger charge is -2.05. The molecule has 0 aliphatic carbocycles. The highest BCUT2D eigenvalue weighted by atomic mass is 16.4. The topological polar surface area (TPSA) is 66.0 Å². The molecule has 2 heterocycles. The molecule has 2 aromatic heterocycles. The molecule has 4 nitrogen and oxygen atoms in total. The monoisotopic (exact) mass is 240 g/mol. The number of aromatic nitrogens is 2. The molecule has 1 atom stereocenters. The minimum absolute atomic E-state index is 0.501. The molecule has 1 aromatic carbocycles. The van der Waals surface area contributed by atoms with Gasteiger partial charge in [0, 0.05) is 34.2 Å². The lowest BCUT2D eigenvalue weighted by atomic mass is 10.00. The van der Waals surface area contributed by atoms with Gasteiger partial charge in [-0.15, -0.1) is 0 Å². The Kier molecular flexibility index (Phi) is 2.30. The van der Waals surface area contributed by atoms with Gasteiger partial charge in [0.25, 0.3) is 0 Å². The number of nitrogens with zero attached hydrogens (tertiary/aromatic N) is 1. The van der Waals surface area contributed by atoms with E-state index in [4.69, 9.17) is 5.11 Å². The summed E-state index contributed by atoms with van der Waals surface area (Å²) in [5.74, 6) is -1.31. The molecule has 1 unspecified atom stereocenters. The van der Waals surface area contributed by atoms with E-state index in [1.807, 2.05) is 30.5 Å². The second kappa shape index (κ2) is 3.84. The van der Waals surface area contributed by atoms with Gasteiger partial charge in [0.1, 0.15) is 0 Å². The summed E-state index contributed by atoms with van der Waals surface area (Å²) >= 11 is 0. The number of fused-ring (bicyclic) bond motifs is 3. The molecule has 2 N–H and O–H groups in total. The zero-order valence-corrected chi connectivity index (χ0v) is 9.84. The average Bonchev–Trinajstić information content (AvgIpc) is 2.75. The van der Waals surface area contributed by atoms with E-state index in [0.717, 1.165) is 27.4 Å². The van der Waals surface area contributed by atoms with E-state index < -0.39 is 11.9 Å². The van der Waals surface area contributed by atoms with E-state index in [1.54, 1.807) is 13.1 Å². The highest BCUT2D eigenvalue weighted by Gasteiger charge is 2.14. The second-order valence-electron chi connectivity index (χ2n) is 4.41. The molecular weight excluding hydrogens is 228 g/mol. The number of H-pyrrole nitrogens is 1. The van der Waals surface area contributed by atoms with Gasteiger partial charge in [-0.2, -0.15) is 0 Å². The number of pyridine rings is 1. The number of aliphatic carboxylic acids is 1. The van der Waals surface area contributed by atoms with Crippen LogP contribution >= 0.6 is 0 Å². The van der Waals surface area contributed by atoms with E-state index in [1.165, 1.54) is 0 Å². The predicted molar refractivity (Wildman–Crippen MR) is 69.7 cm³/mol. The van der Waals surface area contributed by atoms with Crippen LogP contribution < -0.4 is 0 Å². The van der Waals surface area contributed by atoms with Crippen molar-refractivity contribution in [2.75, 3.05) is 0 Å². The minimum Gasteiger partial charge on any atom is -0.481 e. The number of carboxylic acids is 1. The quantitative estimate of drug-likeness (QED) is 0.723. The van der Waals surface area contributed by atoms with Crippen LogP contribution in [0.3, 0.4) is 0 Å². The first-order chi connectivity index (χ1) is 8.66. The molecule has 0 saturated heterocycles. The van der Waals surface area contributed by atoms with Crippen LogP contribution in [0.15, 0.2) is 36.7 Å². The van der Waals surface area contributed by atoms with E-state index in [2.05, 4.69) is 9.97 Å². The summed E-state index contributed by atoms with van der Waals surface area (Å²) in [6.07, 6.45) is 3.55. The summed E-state index contributed by atoms with van der Waals surface area (Å²) in [5.41, 5.74) is 2.76. The van der Waals surface area contributed by atoms with Crippen molar-refractivity contribution in [2.45, 2.75) is 12.8 Å². The van der Waals surface area contributed by atoms with Crippen LogP contribution in [0.25, 0.3) is 21.8 Å². The molecule has 0 fully saturated rings. The van der Waals surface area contributed by atoms with Crippen molar-refractivity contribution in [3.8, 4) is 0 Å². The molecule has 3 aromatic rings. The highest BCUT2D eigenvalue weighted by Crippen LogP contribution is 2.27. The molecule has 90 valence electrons. The number of hydrogen-bond acceptors (Lipinski definition) is 2. The number of carbonyl (C=O) groups is 1. The zero-order chi connectivity index (χ0) is 12.7. The van der Waals surface area contributed by atoms with Gasteiger partial charge in [-0.05, 0) is 24.6 Å². The number of benzene rings is 1.